The molecule has 20 heavy (non-hydrogen) atoms. The number of nitrogens with zero attached hydrogens (tertiary/aromatic N) is 1. The topological polar surface area (TPSA) is 69.6 Å². The summed E-state index contributed by atoms with van der Waals surface area (Å²) in [5.41, 5.74) is 0.599. The summed E-state index contributed by atoms with van der Waals surface area (Å²) in [5, 5.41) is 12.2. The van der Waals surface area contributed by atoms with Gasteiger partial charge in [0.1, 0.15) is 6.04 Å². The van der Waals surface area contributed by atoms with E-state index in [4.69, 9.17) is 0 Å². The lowest BCUT2D eigenvalue weighted by Crippen LogP contribution is -2.41. The number of nitrogens with one attached hydrogen (secondary N) is 1. The van der Waals surface area contributed by atoms with Crippen molar-refractivity contribution in [3.8, 4) is 0 Å². The average Bonchev–Trinajstić information content (AvgIpc) is 2.84. The highest BCUT2D eigenvalue weighted by molar-refractivity contribution is 5.94. The standard InChI is InChI=1S/C15H20N2O3/c1-10(2)17-9-12(8-13(17)15(19)20)16-14(18)11-6-4-3-5-7-11/h3-7,10,12-13H,8-9H2,1-2H3,(H,16,18)(H,19,20)/t12-,13+/m1/s1. The first-order valence-electron chi connectivity index (χ1n) is 6.83. The van der Waals surface area contributed by atoms with Crippen LogP contribution in [0.25, 0.3) is 0 Å². The monoisotopic (exact) mass is 276 g/mol. The molecule has 1 amide bonds. The molecule has 0 radical (unpaired) electrons. The molecule has 1 aromatic carbocycles. The molecule has 2 atom stereocenters. The van der Waals surface area contributed by atoms with Crippen molar-refractivity contribution in [3.05, 3.63) is 35.9 Å². The van der Waals surface area contributed by atoms with Gasteiger partial charge in [0.2, 0.25) is 0 Å². The van der Waals surface area contributed by atoms with E-state index < -0.39 is 12.0 Å². The zero-order chi connectivity index (χ0) is 14.7. The first-order chi connectivity index (χ1) is 9.49. The van der Waals surface area contributed by atoms with Crippen molar-refractivity contribution in [1.29, 1.82) is 0 Å². The second-order valence-corrected chi connectivity index (χ2v) is 5.42. The predicted octanol–water partition coefficient (Wildman–Crippen LogP) is 1.35. The quantitative estimate of drug-likeness (QED) is 0.871. The molecule has 0 unspecified atom stereocenters. The van der Waals surface area contributed by atoms with E-state index in [1.165, 1.54) is 0 Å². The number of rotatable bonds is 4. The smallest absolute Gasteiger partial charge is 0.321 e. The largest absolute Gasteiger partial charge is 0.480 e. The molecule has 5 nitrogen and oxygen atoms in total. The third-order valence-corrected chi connectivity index (χ3v) is 3.66. The van der Waals surface area contributed by atoms with Gasteiger partial charge in [0.05, 0.1) is 0 Å². The Labute approximate surface area is 118 Å². The maximum atomic E-state index is 12.1. The molecule has 1 fully saturated rings. The van der Waals surface area contributed by atoms with Gasteiger partial charge in [0.15, 0.2) is 0 Å². The summed E-state index contributed by atoms with van der Waals surface area (Å²) in [5.74, 6) is -0.972. The second-order valence-electron chi connectivity index (χ2n) is 5.42. The van der Waals surface area contributed by atoms with E-state index >= 15 is 0 Å². The SMILES string of the molecule is CC(C)N1C[C@H](NC(=O)c2ccccc2)C[C@H]1C(=O)O. The lowest BCUT2D eigenvalue weighted by Gasteiger charge is -2.24. The first kappa shape index (κ1) is 14.5. The number of aliphatic carboxylic acids is 1. The van der Waals surface area contributed by atoms with Crippen molar-refractivity contribution in [3.63, 3.8) is 0 Å². The highest BCUT2D eigenvalue weighted by Crippen LogP contribution is 2.21. The molecule has 2 rings (SSSR count). The van der Waals surface area contributed by atoms with Gasteiger partial charge in [-0.05, 0) is 32.4 Å². The van der Waals surface area contributed by atoms with Gasteiger partial charge in [0.25, 0.3) is 5.91 Å². The number of likely N-dealkylation sites (tertiary alicyclic amines) is 1. The minimum Gasteiger partial charge on any atom is -0.480 e. The van der Waals surface area contributed by atoms with Crippen LogP contribution in [0.15, 0.2) is 30.3 Å². The van der Waals surface area contributed by atoms with E-state index in [-0.39, 0.29) is 18.0 Å². The molecule has 0 saturated carbocycles. The first-order valence-corrected chi connectivity index (χ1v) is 6.83. The van der Waals surface area contributed by atoms with Gasteiger partial charge in [0, 0.05) is 24.2 Å². The van der Waals surface area contributed by atoms with Crippen LogP contribution in [-0.2, 0) is 4.79 Å². The molecular weight excluding hydrogens is 256 g/mol. The van der Waals surface area contributed by atoms with Crippen LogP contribution in [0.5, 0.6) is 0 Å². The van der Waals surface area contributed by atoms with Crippen molar-refractivity contribution in [1.82, 2.24) is 10.2 Å². The van der Waals surface area contributed by atoms with Gasteiger partial charge in [-0.3, -0.25) is 14.5 Å². The molecule has 0 aromatic heterocycles. The van der Waals surface area contributed by atoms with Gasteiger partial charge in [-0.15, -0.1) is 0 Å². The molecule has 0 bridgehead atoms. The highest BCUT2D eigenvalue weighted by Gasteiger charge is 2.38. The number of carboxylic acids is 1. The van der Waals surface area contributed by atoms with Crippen molar-refractivity contribution in [2.45, 2.75) is 38.4 Å². The van der Waals surface area contributed by atoms with E-state index in [2.05, 4.69) is 5.32 Å². The second kappa shape index (κ2) is 6.05. The third-order valence-electron chi connectivity index (χ3n) is 3.66. The van der Waals surface area contributed by atoms with Crippen molar-refractivity contribution < 1.29 is 14.7 Å². The molecular formula is C15H20N2O3. The molecule has 1 aliphatic heterocycles. The minimum atomic E-state index is -0.824. The van der Waals surface area contributed by atoms with E-state index in [0.717, 1.165) is 0 Å². The highest BCUT2D eigenvalue weighted by atomic mass is 16.4. The van der Waals surface area contributed by atoms with Crippen LogP contribution in [0.1, 0.15) is 30.6 Å². The Hall–Kier alpha value is -1.88. The predicted molar refractivity (Wildman–Crippen MR) is 75.6 cm³/mol. The zero-order valence-corrected chi connectivity index (χ0v) is 11.7. The third kappa shape index (κ3) is 3.17. The lowest BCUT2D eigenvalue weighted by molar-refractivity contribution is -0.142. The van der Waals surface area contributed by atoms with Gasteiger partial charge < -0.3 is 10.4 Å². The van der Waals surface area contributed by atoms with Gasteiger partial charge >= 0.3 is 5.97 Å². The van der Waals surface area contributed by atoms with Crippen LogP contribution in [-0.4, -0.2) is 46.6 Å². The van der Waals surface area contributed by atoms with Crippen molar-refractivity contribution >= 4 is 11.9 Å². The van der Waals surface area contributed by atoms with Crippen molar-refractivity contribution in [2.24, 2.45) is 0 Å². The summed E-state index contributed by atoms with van der Waals surface area (Å²) >= 11 is 0. The van der Waals surface area contributed by atoms with Crippen LogP contribution in [0, 0.1) is 0 Å². The Bertz CT molecular complexity index is 487. The Morgan fingerprint density at radius 3 is 2.45 bits per heavy atom. The maximum Gasteiger partial charge on any atom is 0.321 e. The number of benzene rings is 1. The van der Waals surface area contributed by atoms with Crippen LogP contribution >= 0.6 is 0 Å². The molecule has 0 aliphatic carbocycles. The summed E-state index contributed by atoms with van der Waals surface area (Å²) in [6.45, 7) is 4.52. The van der Waals surface area contributed by atoms with E-state index in [0.29, 0.717) is 18.5 Å². The van der Waals surface area contributed by atoms with E-state index in [1.54, 1.807) is 12.1 Å². The molecule has 2 N–H and O–H groups in total. The minimum absolute atomic E-state index is 0.119. The fraction of sp³-hybridized carbons (Fsp3) is 0.467. The van der Waals surface area contributed by atoms with Crippen molar-refractivity contribution in [2.75, 3.05) is 6.54 Å². The fourth-order valence-corrected chi connectivity index (χ4v) is 2.64. The molecule has 5 heteroatoms. The maximum absolute atomic E-state index is 12.1. The Morgan fingerprint density at radius 2 is 1.95 bits per heavy atom. The summed E-state index contributed by atoms with van der Waals surface area (Å²) < 4.78 is 0. The molecule has 1 aromatic rings. The number of carbonyl (C=O) groups is 2. The molecule has 1 heterocycles. The Kier molecular flexibility index (Phi) is 4.39. The number of carbonyl (C=O) groups excluding carboxylic acids is 1. The average molecular weight is 276 g/mol. The summed E-state index contributed by atoms with van der Waals surface area (Å²) in [6, 6.07) is 8.48. The Balaban J connectivity index is 2.01. The van der Waals surface area contributed by atoms with Crippen LogP contribution in [0.3, 0.4) is 0 Å². The molecule has 0 spiro atoms. The number of carboxylic acid groups (broad SMARTS) is 1. The normalized spacial score (nSPS) is 22.9. The van der Waals surface area contributed by atoms with Gasteiger partial charge in [-0.2, -0.15) is 0 Å². The van der Waals surface area contributed by atoms with Crippen LogP contribution in [0.2, 0.25) is 0 Å². The Morgan fingerprint density at radius 1 is 1.30 bits per heavy atom. The molecule has 1 aliphatic rings. The van der Waals surface area contributed by atoms with Gasteiger partial charge in [-0.1, -0.05) is 18.2 Å². The number of hydrogen-bond acceptors (Lipinski definition) is 3. The van der Waals surface area contributed by atoms with Crippen LogP contribution in [0.4, 0.5) is 0 Å². The fourth-order valence-electron chi connectivity index (χ4n) is 2.64. The lowest BCUT2D eigenvalue weighted by atomic mass is 10.1. The van der Waals surface area contributed by atoms with E-state index in [1.807, 2.05) is 36.9 Å². The number of hydrogen-bond donors (Lipinski definition) is 2. The summed E-state index contributed by atoms with van der Waals surface area (Å²) in [6.07, 6.45) is 0.450. The van der Waals surface area contributed by atoms with E-state index in [9.17, 15) is 14.7 Å². The van der Waals surface area contributed by atoms with Crippen LogP contribution < -0.4 is 5.32 Å². The number of amides is 1. The summed E-state index contributed by atoms with van der Waals surface area (Å²) in [7, 11) is 0. The zero-order valence-electron chi connectivity index (χ0n) is 11.7. The van der Waals surface area contributed by atoms with Gasteiger partial charge in [-0.25, -0.2) is 0 Å². The molecule has 108 valence electrons. The summed E-state index contributed by atoms with van der Waals surface area (Å²) in [4.78, 5) is 25.3. The molecule has 1 saturated heterocycles.